The predicted octanol–water partition coefficient (Wildman–Crippen LogP) is 3.08. The smallest absolute Gasteiger partial charge is 0.303 e. The predicted molar refractivity (Wildman–Crippen MR) is 72.7 cm³/mol. The Balaban J connectivity index is 2.85. The molecule has 0 saturated carbocycles. The Morgan fingerprint density at radius 2 is 2.00 bits per heavy atom. The Kier molecular flexibility index (Phi) is 5.55. The lowest BCUT2D eigenvalue weighted by atomic mass is 9.96. The molecule has 0 aliphatic carbocycles. The van der Waals surface area contributed by atoms with Crippen LogP contribution in [-0.4, -0.2) is 23.5 Å². The average Bonchev–Trinajstić information content (AvgIpc) is 2.30. The first-order valence-corrected chi connectivity index (χ1v) is 6.42. The van der Waals surface area contributed by atoms with Crippen LogP contribution in [0.15, 0.2) is 18.2 Å². The lowest BCUT2D eigenvalue weighted by Crippen LogP contribution is -2.11. The van der Waals surface area contributed by atoms with Crippen LogP contribution in [0.5, 0.6) is 5.75 Å². The Morgan fingerprint density at radius 1 is 1.32 bits per heavy atom. The third-order valence-electron chi connectivity index (χ3n) is 2.79. The van der Waals surface area contributed by atoms with Crippen molar-refractivity contribution in [1.29, 1.82) is 0 Å². The van der Waals surface area contributed by atoms with Gasteiger partial charge in [0.05, 0.1) is 12.2 Å². The lowest BCUT2D eigenvalue weighted by Gasteiger charge is -2.12. The molecule has 0 spiro atoms. The molecule has 1 N–H and O–H groups in total. The van der Waals surface area contributed by atoms with E-state index in [0.29, 0.717) is 17.9 Å². The number of Topliss-reactive ketones (excluding diaryl/α,β-unsaturated/α-hetero) is 1. The summed E-state index contributed by atoms with van der Waals surface area (Å²) in [6, 6.07) is 5.47. The van der Waals surface area contributed by atoms with E-state index in [1.165, 1.54) is 0 Å². The van der Waals surface area contributed by atoms with Crippen molar-refractivity contribution < 1.29 is 19.4 Å². The minimum atomic E-state index is -0.880. The molecule has 0 saturated heterocycles. The van der Waals surface area contributed by atoms with Gasteiger partial charge in [0.15, 0.2) is 5.78 Å². The zero-order chi connectivity index (χ0) is 14.4. The number of hydrogen-bond acceptors (Lipinski definition) is 3. The summed E-state index contributed by atoms with van der Waals surface area (Å²) in [5.74, 6) is -0.559. The summed E-state index contributed by atoms with van der Waals surface area (Å²) in [7, 11) is 0. The minimum absolute atomic E-state index is 0.00151. The van der Waals surface area contributed by atoms with Crippen molar-refractivity contribution in [3.63, 3.8) is 0 Å². The molecule has 4 heteroatoms. The van der Waals surface area contributed by atoms with E-state index in [1.54, 1.807) is 19.1 Å². The molecule has 4 nitrogen and oxygen atoms in total. The van der Waals surface area contributed by atoms with Crippen molar-refractivity contribution in [3.05, 3.63) is 29.3 Å². The molecule has 104 valence electrons. The lowest BCUT2D eigenvalue weighted by molar-refractivity contribution is -0.137. The fourth-order valence-electron chi connectivity index (χ4n) is 1.94. The van der Waals surface area contributed by atoms with Gasteiger partial charge in [-0.2, -0.15) is 0 Å². The van der Waals surface area contributed by atoms with Gasteiger partial charge >= 0.3 is 5.97 Å². The zero-order valence-electron chi connectivity index (χ0n) is 11.6. The molecule has 0 aliphatic rings. The molecule has 1 aromatic rings. The first-order chi connectivity index (χ1) is 8.93. The quantitative estimate of drug-likeness (QED) is 0.769. The number of aryl methyl sites for hydroxylation is 1. The number of hydrogen-bond donors (Lipinski definition) is 1. The first kappa shape index (κ1) is 15.2. The van der Waals surface area contributed by atoms with Gasteiger partial charge < -0.3 is 9.84 Å². The van der Waals surface area contributed by atoms with Crippen LogP contribution in [0.1, 0.15) is 42.6 Å². The van der Waals surface area contributed by atoms with Gasteiger partial charge in [-0.05, 0) is 31.9 Å². The highest BCUT2D eigenvalue weighted by Gasteiger charge is 2.17. The molecule has 0 aliphatic heterocycles. The summed E-state index contributed by atoms with van der Waals surface area (Å²) in [5, 5.41) is 8.71. The Morgan fingerprint density at radius 3 is 2.58 bits per heavy atom. The van der Waals surface area contributed by atoms with Gasteiger partial charge in [0, 0.05) is 12.8 Å². The Hall–Kier alpha value is -1.84. The Bertz CT molecular complexity index is 465. The van der Waals surface area contributed by atoms with E-state index in [1.807, 2.05) is 19.9 Å². The maximum absolute atomic E-state index is 12.2. The summed E-state index contributed by atoms with van der Waals surface area (Å²) < 4.78 is 5.44. The van der Waals surface area contributed by atoms with Crippen LogP contribution < -0.4 is 4.74 Å². The van der Waals surface area contributed by atoms with E-state index in [2.05, 4.69) is 0 Å². The summed E-state index contributed by atoms with van der Waals surface area (Å²) >= 11 is 0. The highest BCUT2D eigenvalue weighted by atomic mass is 16.5. The molecule has 0 fully saturated rings. The van der Waals surface area contributed by atoms with Gasteiger partial charge in [0.25, 0.3) is 0 Å². The summed E-state index contributed by atoms with van der Waals surface area (Å²) in [4.78, 5) is 22.8. The number of ketones is 1. The second-order valence-electron chi connectivity index (χ2n) is 4.76. The fraction of sp³-hybridized carbons (Fsp3) is 0.467. The standard InChI is InChI=1S/C15H20O4/c1-4-19-14-6-5-10(2)7-12(14)13(16)8-11(3)9-15(17)18/h5-7,11H,4,8-9H2,1-3H3,(H,17,18). The number of benzene rings is 1. The van der Waals surface area contributed by atoms with E-state index >= 15 is 0 Å². The van der Waals surface area contributed by atoms with Crippen LogP contribution in [0.3, 0.4) is 0 Å². The molecule has 1 rings (SSSR count). The Labute approximate surface area is 113 Å². The van der Waals surface area contributed by atoms with E-state index in [9.17, 15) is 9.59 Å². The maximum Gasteiger partial charge on any atom is 0.303 e. The van der Waals surface area contributed by atoms with Crippen LogP contribution in [0, 0.1) is 12.8 Å². The van der Waals surface area contributed by atoms with Crippen LogP contribution in [0.4, 0.5) is 0 Å². The zero-order valence-corrected chi connectivity index (χ0v) is 11.6. The molecule has 0 heterocycles. The van der Waals surface area contributed by atoms with Gasteiger partial charge in [-0.25, -0.2) is 0 Å². The molecule has 19 heavy (non-hydrogen) atoms. The summed E-state index contributed by atoms with van der Waals surface area (Å²) in [6.07, 6.45) is 0.220. The van der Waals surface area contributed by atoms with E-state index < -0.39 is 5.97 Å². The SMILES string of the molecule is CCOc1ccc(C)cc1C(=O)CC(C)CC(=O)O. The van der Waals surface area contributed by atoms with Crippen molar-refractivity contribution in [2.75, 3.05) is 6.61 Å². The van der Waals surface area contributed by atoms with Crippen LogP contribution in [-0.2, 0) is 4.79 Å². The molecular weight excluding hydrogens is 244 g/mol. The average molecular weight is 264 g/mol. The van der Waals surface area contributed by atoms with Crippen LogP contribution >= 0.6 is 0 Å². The number of carboxylic acid groups (broad SMARTS) is 1. The third-order valence-corrected chi connectivity index (χ3v) is 2.79. The number of carbonyl (C=O) groups excluding carboxylic acids is 1. The second-order valence-corrected chi connectivity index (χ2v) is 4.76. The molecule has 1 aromatic carbocycles. The third kappa shape index (κ3) is 4.73. The minimum Gasteiger partial charge on any atom is -0.493 e. The van der Waals surface area contributed by atoms with Crippen molar-refractivity contribution in [2.45, 2.75) is 33.6 Å². The van der Waals surface area contributed by atoms with E-state index in [4.69, 9.17) is 9.84 Å². The highest BCUT2D eigenvalue weighted by molar-refractivity contribution is 5.99. The molecule has 1 atom stereocenters. The van der Waals surface area contributed by atoms with Crippen molar-refractivity contribution in [1.82, 2.24) is 0 Å². The molecule has 1 unspecified atom stereocenters. The van der Waals surface area contributed by atoms with Gasteiger partial charge in [-0.1, -0.05) is 18.6 Å². The number of aliphatic carboxylic acids is 1. The second kappa shape index (κ2) is 6.92. The van der Waals surface area contributed by atoms with Crippen molar-refractivity contribution in [2.24, 2.45) is 5.92 Å². The van der Waals surface area contributed by atoms with Crippen molar-refractivity contribution >= 4 is 11.8 Å². The topological polar surface area (TPSA) is 63.6 Å². The fourth-order valence-corrected chi connectivity index (χ4v) is 1.94. The maximum atomic E-state index is 12.2. The molecular formula is C15H20O4. The van der Waals surface area contributed by atoms with E-state index in [0.717, 1.165) is 5.56 Å². The van der Waals surface area contributed by atoms with Gasteiger partial charge in [-0.3, -0.25) is 9.59 Å². The number of carboxylic acids is 1. The number of ether oxygens (including phenoxy) is 1. The number of rotatable bonds is 7. The van der Waals surface area contributed by atoms with Gasteiger partial charge in [-0.15, -0.1) is 0 Å². The molecule has 0 aromatic heterocycles. The van der Waals surface area contributed by atoms with Crippen molar-refractivity contribution in [3.8, 4) is 5.75 Å². The highest BCUT2D eigenvalue weighted by Crippen LogP contribution is 2.23. The normalized spacial score (nSPS) is 11.9. The summed E-state index contributed by atoms with van der Waals surface area (Å²) in [5.41, 5.74) is 1.52. The van der Waals surface area contributed by atoms with Gasteiger partial charge in [0.1, 0.15) is 5.75 Å². The summed E-state index contributed by atoms with van der Waals surface area (Å²) in [6.45, 7) is 6.03. The largest absolute Gasteiger partial charge is 0.493 e. The van der Waals surface area contributed by atoms with E-state index in [-0.39, 0.29) is 24.5 Å². The number of carbonyl (C=O) groups is 2. The van der Waals surface area contributed by atoms with Gasteiger partial charge in [0.2, 0.25) is 0 Å². The van der Waals surface area contributed by atoms with Crippen LogP contribution in [0.25, 0.3) is 0 Å². The first-order valence-electron chi connectivity index (χ1n) is 6.42. The molecule has 0 radical (unpaired) electrons. The molecule has 0 amide bonds. The monoisotopic (exact) mass is 264 g/mol. The molecule has 0 bridgehead atoms. The van der Waals surface area contributed by atoms with Crippen LogP contribution in [0.2, 0.25) is 0 Å².